The zero-order chi connectivity index (χ0) is 15.2. The van der Waals surface area contributed by atoms with Gasteiger partial charge in [-0.2, -0.15) is 4.98 Å². The molecule has 1 aromatic heterocycles. The first kappa shape index (κ1) is 15.9. The highest BCUT2D eigenvalue weighted by Crippen LogP contribution is 2.17. The fourth-order valence-electron chi connectivity index (χ4n) is 2.31. The molecule has 1 saturated heterocycles. The molecule has 0 aromatic carbocycles. The van der Waals surface area contributed by atoms with Gasteiger partial charge in [-0.1, -0.05) is 19.0 Å². The third-order valence-corrected chi connectivity index (χ3v) is 3.56. The van der Waals surface area contributed by atoms with Crippen molar-refractivity contribution in [1.29, 1.82) is 0 Å². The standard InChI is InChI=1S/C14H23N3O4/c1-10(2)14-15-12(21-16-14)9-17-6-3-11(4-7-17)20-8-5-13(18)19/h10-11H,3-9H2,1-2H3,(H,18,19). The number of rotatable bonds is 7. The van der Waals surface area contributed by atoms with E-state index < -0.39 is 5.97 Å². The molecule has 1 aliphatic rings. The van der Waals surface area contributed by atoms with Crippen molar-refractivity contribution in [2.45, 2.75) is 51.7 Å². The smallest absolute Gasteiger partial charge is 0.305 e. The second-order valence-corrected chi connectivity index (χ2v) is 5.69. The average Bonchev–Trinajstić information content (AvgIpc) is 2.89. The number of hydrogen-bond acceptors (Lipinski definition) is 6. The van der Waals surface area contributed by atoms with Gasteiger partial charge < -0.3 is 14.4 Å². The summed E-state index contributed by atoms with van der Waals surface area (Å²) in [5, 5.41) is 12.5. The number of carbonyl (C=O) groups is 1. The number of hydrogen-bond donors (Lipinski definition) is 1. The molecule has 0 radical (unpaired) electrons. The predicted molar refractivity (Wildman–Crippen MR) is 74.9 cm³/mol. The lowest BCUT2D eigenvalue weighted by molar-refractivity contribution is -0.138. The van der Waals surface area contributed by atoms with Gasteiger partial charge in [-0.15, -0.1) is 0 Å². The Kier molecular flexibility index (Phi) is 5.69. The molecule has 0 unspecified atom stereocenters. The summed E-state index contributed by atoms with van der Waals surface area (Å²) < 4.78 is 10.8. The molecule has 0 atom stereocenters. The summed E-state index contributed by atoms with van der Waals surface area (Å²) >= 11 is 0. The van der Waals surface area contributed by atoms with Crippen LogP contribution in [0.2, 0.25) is 0 Å². The van der Waals surface area contributed by atoms with Crippen molar-refractivity contribution >= 4 is 5.97 Å². The Bertz CT molecular complexity index is 453. The molecule has 1 N–H and O–H groups in total. The van der Waals surface area contributed by atoms with Crippen LogP contribution in [-0.4, -0.2) is 51.9 Å². The van der Waals surface area contributed by atoms with Crippen molar-refractivity contribution in [2.75, 3.05) is 19.7 Å². The maximum Gasteiger partial charge on any atom is 0.305 e. The van der Waals surface area contributed by atoms with Crippen LogP contribution >= 0.6 is 0 Å². The molecule has 1 fully saturated rings. The van der Waals surface area contributed by atoms with Crippen LogP contribution in [0.4, 0.5) is 0 Å². The number of aliphatic carboxylic acids is 1. The fourth-order valence-corrected chi connectivity index (χ4v) is 2.31. The summed E-state index contributed by atoms with van der Waals surface area (Å²) in [4.78, 5) is 17.1. The van der Waals surface area contributed by atoms with Crippen LogP contribution in [-0.2, 0) is 16.1 Å². The van der Waals surface area contributed by atoms with Crippen LogP contribution in [0, 0.1) is 0 Å². The molecule has 0 spiro atoms. The van der Waals surface area contributed by atoms with Crippen LogP contribution in [0.1, 0.15) is 50.7 Å². The Morgan fingerprint density at radius 2 is 2.19 bits per heavy atom. The van der Waals surface area contributed by atoms with Crippen LogP contribution in [0.3, 0.4) is 0 Å². The summed E-state index contributed by atoms with van der Waals surface area (Å²) in [5.41, 5.74) is 0. The monoisotopic (exact) mass is 297 g/mol. The van der Waals surface area contributed by atoms with Gasteiger partial charge in [0.05, 0.1) is 25.7 Å². The number of ether oxygens (including phenoxy) is 1. The SMILES string of the molecule is CC(C)c1noc(CN2CCC(OCCC(=O)O)CC2)n1. The van der Waals surface area contributed by atoms with Crippen molar-refractivity contribution in [2.24, 2.45) is 0 Å². The van der Waals surface area contributed by atoms with Crippen LogP contribution in [0.5, 0.6) is 0 Å². The van der Waals surface area contributed by atoms with Crippen LogP contribution < -0.4 is 0 Å². The average molecular weight is 297 g/mol. The van der Waals surface area contributed by atoms with E-state index in [2.05, 4.69) is 15.0 Å². The van der Waals surface area contributed by atoms with Gasteiger partial charge in [-0.05, 0) is 12.8 Å². The van der Waals surface area contributed by atoms with E-state index in [0.29, 0.717) is 19.0 Å². The molecule has 7 heteroatoms. The highest BCUT2D eigenvalue weighted by molar-refractivity contribution is 5.66. The molecule has 2 heterocycles. The van der Waals surface area contributed by atoms with Crippen molar-refractivity contribution in [3.63, 3.8) is 0 Å². The summed E-state index contributed by atoms with van der Waals surface area (Å²) in [6, 6.07) is 0. The van der Waals surface area contributed by atoms with E-state index in [0.717, 1.165) is 31.8 Å². The second kappa shape index (κ2) is 7.51. The number of aromatic nitrogens is 2. The molecule has 0 aliphatic carbocycles. The zero-order valence-corrected chi connectivity index (χ0v) is 12.6. The van der Waals surface area contributed by atoms with E-state index in [9.17, 15) is 4.79 Å². The molecular formula is C14H23N3O4. The van der Waals surface area contributed by atoms with Crippen molar-refractivity contribution in [1.82, 2.24) is 15.0 Å². The highest BCUT2D eigenvalue weighted by atomic mass is 16.5. The van der Waals surface area contributed by atoms with Crippen LogP contribution in [0.15, 0.2) is 4.52 Å². The minimum Gasteiger partial charge on any atom is -0.481 e. The number of piperidine rings is 1. The van der Waals surface area contributed by atoms with E-state index in [4.69, 9.17) is 14.4 Å². The normalized spacial score (nSPS) is 17.5. The number of carboxylic acids is 1. The maximum atomic E-state index is 10.4. The van der Waals surface area contributed by atoms with E-state index in [1.54, 1.807) is 0 Å². The van der Waals surface area contributed by atoms with Gasteiger partial charge >= 0.3 is 5.97 Å². The Morgan fingerprint density at radius 3 is 2.76 bits per heavy atom. The van der Waals surface area contributed by atoms with Gasteiger partial charge in [-0.3, -0.25) is 9.69 Å². The van der Waals surface area contributed by atoms with Gasteiger partial charge in [0, 0.05) is 19.0 Å². The van der Waals surface area contributed by atoms with Crippen molar-refractivity contribution in [3.8, 4) is 0 Å². The molecule has 1 aliphatic heterocycles. The second-order valence-electron chi connectivity index (χ2n) is 5.69. The number of carboxylic acid groups (broad SMARTS) is 1. The van der Waals surface area contributed by atoms with E-state index in [-0.39, 0.29) is 18.4 Å². The minimum absolute atomic E-state index is 0.0696. The number of likely N-dealkylation sites (tertiary alicyclic amines) is 1. The molecular weight excluding hydrogens is 274 g/mol. The molecule has 0 bridgehead atoms. The van der Waals surface area contributed by atoms with Crippen molar-refractivity contribution < 1.29 is 19.2 Å². The summed E-state index contributed by atoms with van der Waals surface area (Å²) in [6.45, 7) is 6.83. The quantitative estimate of drug-likeness (QED) is 0.818. The summed E-state index contributed by atoms with van der Waals surface area (Å²) in [7, 11) is 0. The van der Waals surface area contributed by atoms with Crippen LogP contribution in [0.25, 0.3) is 0 Å². The zero-order valence-electron chi connectivity index (χ0n) is 12.6. The highest BCUT2D eigenvalue weighted by Gasteiger charge is 2.21. The molecule has 21 heavy (non-hydrogen) atoms. The Hall–Kier alpha value is -1.47. The predicted octanol–water partition coefficient (Wildman–Crippen LogP) is 1.65. The van der Waals surface area contributed by atoms with E-state index in [1.807, 2.05) is 13.8 Å². The summed E-state index contributed by atoms with van der Waals surface area (Å²) in [5.74, 6) is 0.862. The fraction of sp³-hybridized carbons (Fsp3) is 0.786. The summed E-state index contributed by atoms with van der Waals surface area (Å²) in [6.07, 6.45) is 2.05. The maximum absolute atomic E-state index is 10.4. The Balaban J connectivity index is 1.69. The lowest BCUT2D eigenvalue weighted by Crippen LogP contribution is -2.36. The van der Waals surface area contributed by atoms with Crippen molar-refractivity contribution in [3.05, 3.63) is 11.7 Å². The lowest BCUT2D eigenvalue weighted by atomic mass is 10.1. The molecule has 2 rings (SSSR count). The van der Waals surface area contributed by atoms with Gasteiger partial charge in [-0.25, -0.2) is 0 Å². The Labute approximate surface area is 124 Å². The van der Waals surface area contributed by atoms with E-state index >= 15 is 0 Å². The Morgan fingerprint density at radius 1 is 1.48 bits per heavy atom. The van der Waals surface area contributed by atoms with Gasteiger partial charge in [0.15, 0.2) is 5.82 Å². The van der Waals surface area contributed by atoms with Gasteiger partial charge in [0.25, 0.3) is 0 Å². The first-order valence-electron chi connectivity index (χ1n) is 7.43. The number of nitrogens with zero attached hydrogens (tertiary/aromatic N) is 3. The van der Waals surface area contributed by atoms with Gasteiger partial charge in [0.2, 0.25) is 5.89 Å². The topological polar surface area (TPSA) is 88.7 Å². The molecule has 118 valence electrons. The third kappa shape index (κ3) is 5.09. The third-order valence-electron chi connectivity index (χ3n) is 3.56. The lowest BCUT2D eigenvalue weighted by Gasteiger charge is -2.30. The molecule has 0 saturated carbocycles. The van der Waals surface area contributed by atoms with E-state index in [1.165, 1.54) is 0 Å². The largest absolute Gasteiger partial charge is 0.481 e. The first-order chi connectivity index (χ1) is 10.0. The van der Waals surface area contributed by atoms with Gasteiger partial charge in [0.1, 0.15) is 0 Å². The molecule has 7 nitrogen and oxygen atoms in total. The minimum atomic E-state index is -0.815. The first-order valence-corrected chi connectivity index (χ1v) is 7.43. The molecule has 1 aromatic rings. The molecule has 0 amide bonds.